The molecule has 0 spiro atoms. The second-order valence-corrected chi connectivity index (χ2v) is 7.27. The van der Waals surface area contributed by atoms with Crippen molar-refractivity contribution in [2.24, 2.45) is 7.05 Å². The summed E-state index contributed by atoms with van der Waals surface area (Å²) in [4.78, 5) is 22.9. The molecule has 162 valence electrons. The fourth-order valence-electron chi connectivity index (χ4n) is 2.53. The SMILES string of the molecule is Cn1c(SCCC(=O)NC(=O)NCC(F)(F)F)nnc1[C@H]1COc2ccccc2O1. The summed E-state index contributed by atoms with van der Waals surface area (Å²) in [6.45, 7) is -1.25. The Bertz CT molecular complexity index is 921. The summed E-state index contributed by atoms with van der Waals surface area (Å²) in [6, 6.07) is 6.07. The highest BCUT2D eigenvalue weighted by atomic mass is 32.2. The largest absolute Gasteiger partial charge is 0.485 e. The summed E-state index contributed by atoms with van der Waals surface area (Å²) in [5.41, 5.74) is 0. The molecule has 13 heteroatoms. The van der Waals surface area contributed by atoms with Gasteiger partial charge in [-0.3, -0.25) is 10.1 Å². The number of thioether (sulfide) groups is 1. The van der Waals surface area contributed by atoms with Crippen molar-refractivity contribution < 1.29 is 32.2 Å². The van der Waals surface area contributed by atoms with Gasteiger partial charge in [-0.2, -0.15) is 13.2 Å². The van der Waals surface area contributed by atoms with Crippen LogP contribution in [-0.2, 0) is 11.8 Å². The number of alkyl halides is 3. The molecule has 1 aliphatic heterocycles. The van der Waals surface area contributed by atoms with Gasteiger partial charge in [0.1, 0.15) is 13.2 Å². The van der Waals surface area contributed by atoms with Crippen LogP contribution in [0, 0.1) is 0 Å². The van der Waals surface area contributed by atoms with Crippen LogP contribution in [0.25, 0.3) is 0 Å². The van der Waals surface area contributed by atoms with Gasteiger partial charge in [-0.15, -0.1) is 10.2 Å². The number of urea groups is 1. The number of carbonyl (C=O) groups excluding carboxylic acids is 2. The third-order valence-corrected chi connectivity index (χ3v) is 4.95. The number of nitrogens with one attached hydrogen (secondary N) is 2. The van der Waals surface area contributed by atoms with Crippen LogP contribution in [0.1, 0.15) is 18.3 Å². The number of amides is 3. The van der Waals surface area contributed by atoms with Crippen molar-refractivity contribution in [1.82, 2.24) is 25.4 Å². The molecular formula is C17H18F3N5O4S. The molecule has 30 heavy (non-hydrogen) atoms. The van der Waals surface area contributed by atoms with Crippen LogP contribution < -0.4 is 20.1 Å². The number of imide groups is 1. The summed E-state index contributed by atoms with van der Waals surface area (Å²) in [5, 5.41) is 12.1. The minimum absolute atomic E-state index is 0.0945. The van der Waals surface area contributed by atoms with Gasteiger partial charge in [-0.25, -0.2) is 4.79 Å². The number of rotatable bonds is 6. The first kappa shape index (κ1) is 21.7. The van der Waals surface area contributed by atoms with Gasteiger partial charge in [0.25, 0.3) is 0 Å². The minimum atomic E-state index is -4.55. The second-order valence-electron chi connectivity index (χ2n) is 6.21. The number of benzene rings is 1. The van der Waals surface area contributed by atoms with E-state index in [1.807, 2.05) is 17.4 Å². The van der Waals surface area contributed by atoms with Crippen molar-refractivity contribution in [2.45, 2.75) is 23.9 Å². The number of fused-ring (bicyclic) bond motifs is 1. The quantitative estimate of drug-likeness (QED) is 0.657. The summed E-state index contributed by atoms with van der Waals surface area (Å²) in [7, 11) is 1.74. The Kier molecular flexibility index (Phi) is 6.70. The predicted octanol–water partition coefficient (Wildman–Crippen LogP) is 2.20. The van der Waals surface area contributed by atoms with Crippen molar-refractivity contribution in [3.05, 3.63) is 30.1 Å². The maximum Gasteiger partial charge on any atom is 0.405 e. The molecule has 0 aliphatic carbocycles. The third-order valence-electron chi connectivity index (χ3n) is 3.93. The van der Waals surface area contributed by atoms with E-state index >= 15 is 0 Å². The van der Waals surface area contributed by atoms with E-state index in [2.05, 4.69) is 10.2 Å². The molecule has 0 unspecified atom stereocenters. The molecule has 1 atom stereocenters. The summed E-state index contributed by atoms with van der Waals surface area (Å²) in [6.07, 6.45) is -5.09. The standard InChI is InChI=1S/C17H18F3N5O4S/c1-25-14(12-8-28-10-4-2-3-5-11(10)29-12)23-24-16(25)30-7-6-13(26)22-15(27)21-9-17(18,19)20/h2-5,12H,6-9H2,1H3,(H2,21,22,26,27)/t12-/m1/s1. The third kappa shape index (κ3) is 5.78. The normalized spacial score (nSPS) is 15.5. The van der Waals surface area contributed by atoms with Gasteiger partial charge in [0.2, 0.25) is 5.91 Å². The monoisotopic (exact) mass is 445 g/mol. The zero-order chi connectivity index (χ0) is 21.7. The first-order valence-electron chi connectivity index (χ1n) is 8.78. The zero-order valence-corrected chi connectivity index (χ0v) is 16.5. The molecule has 2 heterocycles. The molecule has 3 rings (SSSR count). The van der Waals surface area contributed by atoms with Crippen molar-refractivity contribution >= 4 is 23.7 Å². The number of aromatic nitrogens is 3. The molecule has 0 bridgehead atoms. The van der Waals surface area contributed by atoms with Crippen molar-refractivity contribution in [3.63, 3.8) is 0 Å². The first-order chi connectivity index (χ1) is 14.2. The van der Waals surface area contributed by atoms with Gasteiger partial charge in [-0.05, 0) is 12.1 Å². The number of hydrogen-bond donors (Lipinski definition) is 2. The lowest BCUT2D eigenvalue weighted by molar-refractivity contribution is -0.124. The Morgan fingerprint density at radius 2 is 2.00 bits per heavy atom. The molecular weight excluding hydrogens is 427 g/mol. The Morgan fingerprint density at radius 3 is 2.73 bits per heavy atom. The van der Waals surface area contributed by atoms with E-state index in [-0.39, 0.29) is 18.8 Å². The van der Waals surface area contributed by atoms with E-state index in [1.165, 1.54) is 11.8 Å². The fraction of sp³-hybridized carbons (Fsp3) is 0.412. The zero-order valence-electron chi connectivity index (χ0n) is 15.7. The van der Waals surface area contributed by atoms with Crippen molar-refractivity contribution in [2.75, 3.05) is 18.9 Å². The fourth-order valence-corrected chi connectivity index (χ4v) is 3.38. The van der Waals surface area contributed by atoms with E-state index in [9.17, 15) is 22.8 Å². The predicted molar refractivity (Wildman–Crippen MR) is 99.2 cm³/mol. The molecule has 0 radical (unpaired) electrons. The van der Waals surface area contributed by atoms with Gasteiger partial charge in [-0.1, -0.05) is 23.9 Å². The molecule has 2 aromatic rings. The van der Waals surface area contributed by atoms with Crippen molar-refractivity contribution in [3.8, 4) is 11.5 Å². The highest BCUT2D eigenvalue weighted by Gasteiger charge is 2.28. The van der Waals surface area contributed by atoms with E-state index in [1.54, 1.807) is 29.1 Å². The summed E-state index contributed by atoms with van der Waals surface area (Å²) < 4.78 is 49.4. The van der Waals surface area contributed by atoms with E-state index < -0.39 is 30.8 Å². The smallest absolute Gasteiger partial charge is 0.405 e. The highest BCUT2D eigenvalue weighted by Crippen LogP contribution is 2.35. The first-order valence-corrected chi connectivity index (χ1v) is 9.76. The lowest BCUT2D eigenvalue weighted by atomic mass is 10.2. The van der Waals surface area contributed by atoms with Crippen molar-refractivity contribution in [1.29, 1.82) is 0 Å². The number of hydrogen-bond acceptors (Lipinski definition) is 7. The summed E-state index contributed by atoms with van der Waals surface area (Å²) in [5.74, 6) is 1.34. The Labute approximate surface area is 173 Å². The molecule has 1 aliphatic rings. The number of halogens is 3. The average molecular weight is 445 g/mol. The molecule has 0 fully saturated rings. The summed E-state index contributed by atoms with van der Waals surface area (Å²) >= 11 is 1.21. The second kappa shape index (κ2) is 9.24. The number of nitrogens with zero attached hydrogens (tertiary/aromatic N) is 3. The van der Waals surface area contributed by atoms with Crippen LogP contribution in [0.5, 0.6) is 11.5 Å². The molecule has 1 aromatic heterocycles. The maximum atomic E-state index is 12.0. The van der Waals surface area contributed by atoms with Crippen LogP contribution >= 0.6 is 11.8 Å². The molecule has 0 saturated heterocycles. The van der Waals surface area contributed by atoms with Crippen LogP contribution in [0.4, 0.5) is 18.0 Å². The number of ether oxygens (including phenoxy) is 2. The topological polar surface area (TPSA) is 107 Å². The Balaban J connectivity index is 1.47. The van der Waals surface area contributed by atoms with Crippen LogP contribution in [0.3, 0.4) is 0 Å². The van der Waals surface area contributed by atoms with Gasteiger partial charge in [0.05, 0.1) is 0 Å². The van der Waals surface area contributed by atoms with Gasteiger partial charge < -0.3 is 19.4 Å². The molecule has 0 saturated carbocycles. The molecule has 2 N–H and O–H groups in total. The maximum absolute atomic E-state index is 12.0. The van der Waals surface area contributed by atoms with E-state index in [0.29, 0.717) is 22.5 Å². The van der Waals surface area contributed by atoms with E-state index in [0.717, 1.165) is 0 Å². The number of para-hydroxylation sites is 2. The van der Waals surface area contributed by atoms with Gasteiger partial charge >= 0.3 is 12.2 Å². The van der Waals surface area contributed by atoms with Crippen LogP contribution in [-0.4, -0.2) is 51.8 Å². The van der Waals surface area contributed by atoms with Crippen LogP contribution in [0.15, 0.2) is 29.4 Å². The number of carbonyl (C=O) groups is 2. The lowest BCUT2D eigenvalue weighted by Crippen LogP contribution is -2.43. The molecule has 3 amide bonds. The van der Waals surface area contributed by atoms with Gasteiger partial charge in [0.15, 0.2) is 28.6 Å². The minimum Gasteiger partial charge on any atom is -0.485 e. The molecule has 1 aromatic carbocycles. The van der Waals surface area contributed by atoms with E-state index in [4.69, 9.17) is 9.47 Å². The average Bonchev–Trinajstić information content (AvgIpc) is 3.06. The van der Waals surface area contributed by atoms with Gasteiger partial charge in [0, 0.05) is 19.2 Å². The highest BCUT2D eigenvalue weighted by molar-refractivity contribution is 7.99. The Morgan fingerprint density at radius 1 is 1.27 bits per heavy atom. The molecule has 9 nitrogen and oxygen atoms in total. The Hall–Kier alpha value is -2.96. The lowest BCUT2D eigenvalue weighted by Gasteiger charge is -2.25. The van der Waals surface area contributed by atoms with Crippen LogP contribution in [0.2, 0.25) is 0 Å².